The molecule has 0 aromatic heterocycles. The van der Waals surface area contributed by atoms with Crippen LogP contribution in [0.15, 0.2) is 0 Å². The van der Waals surface area contributed by atoms with Gasteiger partial charge in [-0.05, 0) is 13.5 Å². The minimum atomic E-state index is -1.41. The van der Waals surface area contributed by atoms with E-state index in [4.69, 9.17) is 47.6 Å². The van der Waals surface area contributed by atoms with Crippen molar-refractivity contribution < 1.29 is 44.5 Å². The fourth-order valence-corrected chi connectivity index (χ4v) is 4.67. The monoisotopic (exact) mass is 496 g/mol. The summed E-state index contributed by atoms with van der Waals surface area (Å²) in [5.41, 5.74) is 29.9. The summed E-state index contributed by atoms with van der Waals surface area (Å²) in [7, 11) is 1.66. The Morgan fingerprint density at radius 1 is 0.735 bits per heavy atom. The number of aliphatic hydroxyl groups is 5. The first kappa shape index (κ1) is 28.0. The Morgan fingerprint density at radius 2 is 1.29 bits per heavy atom. The summed E-state index contributed by atoms with van der Waals surface area (Å²) in [4.78, 5) is 0. The Morgan fingerprint density at radius 3 is 1.85 bits per heavy atom. The molecule has 200 valence electrons. The van der Waals surface area contributed by atoms with Gasteiger partial charge in [0.25, 0.3) is 0 Å². The van der Waals surface area contributed by atoms with Crippen LogP contribution >= 0.6 is 0 Å². The van der Waals surface area contributed by atoms with E-state index in [1.165, 1.54) is 0 Å². The van der Waals surface area contributed by atoms with Gasteiger partial charge < -0.3 is 78.5 Å². The zero-order chi connectivity index (χ0) is 25.3. The highest BCUT2D eigenvalue weighted by molar-refractivity contribution is 5.01. The Labute approximate surface area is 197 Å². The third-order valence-electron chi connectivity index (χ3n) is 6.79. The summed E-state index contributed by atoms with van der Waals surface area (Å²) < 4.78 is 23.0. The van der Waals surface area contributed by atoms with Crippen LogP contribution in [-0.2, 0) is 18.9 Å². The fraction of sp³-hybridized carbons (Fsp3) is 1.00. The van der Waals surface area contributed by atoms with Crippen molar-refractivity contribution in [3.63, 3.8) is 0 Å². The number of ether oxygens (including phenoxy) is 4. The summed E-state index contributed by atoms with van der Waals surface area (Å²) in [6.45, 7) is 0.141. The van der Waals surface area contributed by atoms with Crippen LogP contribution in [-0.4, -0.2) is 137 Å². The van der Waals surface area contributed by atoms with Crippen LogP contribution in [0.2, 0.25) is 0 Å². The van der Waals surface area contributed by atoms with Gasteiger partial charge in [0.05, 0.1) is 18.2 Å². The zero-order valence-corrected chi connectivity index (χ0v) is 19.0. The van der Waals surface area contributed by atoms with Crippen LogP contribution in [0.25, 0.3) is 0 Å². The first-order valence-electron chi connectivity index (χ1n) is 11.4. The van der Waals surface area contributed by atoms with Crippen molar-refractivity contribution in [2.45, 2.75) is 98.1 Å². The number of hydrogen-bond donors (Lipinski definition) is 11. The maximum absolute atomic E-state index is 11.1. The molecule has 3 aliphatic rings. The zero-order valence-electron chi connectivity index (χ0n) is 19.0. The lowest BCUT2D eigenvalue weighted by molar-refractivity contribution is -0.316. The van der Waals surface area contributed by atoms with Crippen molar-refractivity contribution in [2.24, 2.45) is 28.7 Å². The predicted molar refractivity (Wildman–Crippen MR) is 117 cm³/mol. The van der Waals surface area contributed by atoms with Crippen LogP contribution in [0.1, 0.15) is 6.42 Å². The largest absolute Gasteiger partial charge is 0.389 e. The molecule has 2 saturated heterocycles. The lowest BCUT2D eigenvalue weighted by Gasteiger charge is -2.48. The van der Waals surface area contributed by atoms with E-state index in [0.29, 0.717) is 0 Å². The molecule has 0 aromatic rings. The van der Waals surface area contributed by atoms with Gasteiger partial charge in [0.1, 0.15) is 48.8 Å². The summed E-state index contributed by atoms with van der Waals surface area (Å²) in [6, 6.07) is -3.70. The lowest BCUT2D eigenvalue weighted by Crippen LogP contribution is -2.69. The molecule has 0 bridgehead atoms. The molecule has 3 fully saturated rings. The first-order valence-corrected chi connectivity index (χ1v) is 11.4. The summed E-state index contributed by atoms with van der Waals surface area (Å²) in [5, 5.41) is 54.9. The Balaban J connectivity index is 1.72. The van der Waals surface area contributed by atoms with E-state index < -0.39 is 91.7 Å². The van der Waals surface area contributed by atoms with E-state index in [-0.39, 0.29) is 19.5 Å². The van der Waals surface area contributed by atoms with Crippen molar-refractivity contribution in [3.05, 3.63) is 0 Å². The summed E-state index contributed by atoms with van der Waals surface area (Å²) >= 11 is 0. The van der Waals surface area contributed by atoms with E-state index in [0.717, 1.165) is 0 Å². The highest BCUT2D eigenvalue weighted by atomic mass is 16.7. The van der Waals surface area contributed by atoms with Gasteiger partial charge in [-0.3, -0.25) is 0 Å². The Bertz CT molecular complexity index is 653. The fourth-order valence-electron chi connectivity index (χ4n) is 4.67. The standard InChI is InChI=1S/C19H40N6O9/c1-25-4-8-11(26)9(23)14(29)19(32-8)34-17-6(22)2-5(21)16(15(17)30)33-18-10(24)13(28)12(27)7(3-20)31-18/h5-19,25-30H,2-4,20-24H2,1H3. The second-order valence-electron chi connectivity index (χ2n) is 9.25. The quantitative estimate of drug-likeness (QED) is 0.156. The number of hydrogen-bond acceptors (Lipinski definition) is 15. The second-order valence-corrected chi connectivity index (χ2v) is 9.25. The molecule has 34 heavy (non-hydrogen) atoms. The van der Waals surface area contributed by atoms with Gasteiger partial charge >= 0.3 is 0 Å². The molecule has 0 amide bonds. The molecule has 16 N–H and O–H groups in total. The van der Waals surface area contributed by atoms with Crippen LogP contribution in [0.3, 0.4) is 0 Å². The van der Waals surface area contributed by atoms with Crippen LogP contribution in [0.5, 0.6) is 0 Å². The summed E-state index contributed by atoms with van der Waals surface area (Å²) in [5.74, 6) is 0. The molecule has 0 aromatic carbocycles. The maximum atomic E-state index is 11.1. The highest BCUT2D eigenvalue weighted by Crippen LogP contribution is 2.30. The number of aliphatic hydroxyl groups excluding tert-OH is 5. The SMILES string of the molecule is CNCC1OC(OC2C(N)CC(N)C(OC3OC(CN)C(O)C(O)C3N)C2O)C(O)C(N)C1O. The predicted octanol–water partition coefficient (Wildman–Crippen LogP) is -7.10. The summed E-state index contributed by atoms with van der Waals surface area (Å²) in [6.07, 6.45) is -12.9. The van der Waals surface area contributed by atoms with Crippen molar-refractivity contribution in [1.82, 2.24) is 5.32 Å². The molecule has 2 aliphatic heterocycles. The number of nitrogens with two attached hydrogens (primary N) is 5. The van der Waals surface area contributed by atoms with Gasteiger partial charge in [-0.2, -0.15) is 0 Å². The normalized spacial score (nSPS) is 52.5. The molecule has 15 nitrogen and oxygen atoms in total. The topological polar surface area (TPSA) is 280 Å². The van der Waals surface area contributed by atoms with Gasteiger partial charge in [-0.1, -0.05) is 0 Å². The molecule has 1 aliphatic carbocycles. The third-order valence-corrected chi connectivity index (χ3v) is 6.79. The minimum absolute atomic E-state index is 0.0997. The average molecular weight is 497 g/mol. The lowest BCUT2D eigenvalue weighted by atomic mass is 9.84. The molecule has 2 heterocycles. The van der Waals surface area contributed by atoms with Gasteiger partial charge in [-0.15, -0.1) is 0 Å². The number of likely N-dealkylation sites (N-methyl/N-ethyl adjacent to an activating group) is 1. The first-order chi connectivity index (χ1) is 16.0. The Hall–Kier alpha value is -0.600. The van der Waals surface area contributed by atoms with E-state index >= 15 is 0 Å². The van der Waals surface area contributed by atoms with Crippen molar-refractivity contribution in [3.8, 4) is 0 Å². The molecule has 3 rings (SSSR count). The molecule has 1 saturated carbocycles. The molecule has 0 spiro atoms. The molecule has 0 radical (unpaired) electrons. The number of nitrogens with one attached hydrogen (secondary N) is 1. The van der Waals surface area contributed by atoms with Crippen LogP contribution in [0.4, 0.5) is 0 Å². The van der Waals surface area contributed by atoms with Gasteiger partial charge in [-0.25, -0.2) is 0 Å². The van der Waals surface area contributed by atoms with Gasteiger partial charge in [0.15, 0.2) is 12.6 Å². The molecule has 15 unspecified atom stereocenters. The molecular formula is C19H40N6O9. The molecule has 15 atom stereocenters. The van der Waals surface area contributed by atoms with E-state index in [2.05, 4.69) is 5.32 Å². The average Bonchev–Trinajstić information content (AvgIpc) is 2.80. The molecule has 15 heteroatoms. The van der Waals surface area contributed by atoms with Crippen LogP contribution < -0.4 is 34.0 Å². The van der Waals surface area contributed by atoms with Crippen molar-refractivity contribution in [1.29, 1.82) is 0 Å². The Kier molecular flexibility index (Phi) is 9.57. The third kappa shape index (κ3) is 5.54. The van der Waals surface area contributed by atoms with E-state index in [1.54, 1.807) is 7.05 Å². The number of rotatable bonds is 7. The van der Waals surface area contributed by atoms with E-state index in [9.17, 15) is 25.5 Å². The van der Waals surface area contributed by atoms with E-state index in [1.807, 2.05) is 0 Å². The van der Waals surface area contributed by atoms with Crippen molar-refractivity contribution >= 4 is 0 Å². The van der Waals surface area contributed by atoms with Gasteiger partial charge in [0.2, 0.25) is 0 Å². The smallest absolute Gasteiger partial charge is 0.186 e. The van der Waals surface area contributed by atoms with Crippen LogP contribution in [0, 0.1) is 0 Å². The minimum Gasteiger partial charge on any atom is -0.389 e. The van der Waals surface area contributed by atoms with Gasteiger partial charge in [0, 0.05) is 25.2 Å². The second kappa shape index (κ2) is 11.6. The maximum Gasteiger partial charge on any atom is 0.186 e. The highest BCUT2D eigenvalue weighted by Gasteiger charge is 2.51. The molecular weight excluding hydrogens is 456 g/mol. The van der Waals surface area contributed by atoms with Crippen molar-refractivity contribution in [2.75, 3.05) is 20.1 Å².